The molecule has 0 aromatic heterocycles. The average molecular weight is 223 g/mol. The van der Waals surface area contributed by atoms with Gasteiger partial charge in [0.25, 0.3) is 0 Å². The number of rotatable bonds is 5. The zero-order chi connectivity index (χ0) is 11.7. The first kappa shape index (κ1) is 11.2. The molecule has 0 radical (unpaired) electrons. The van der Waals surface area contributed by atoms with E-state index in [-0.39, 0.29) is 30.3 Å². The maximum atomic E-state index is 11.9. The normalized spacial score (nSPS) is 31.2. The molecule has 88 valence electrons. The minimum absolute atomic E-state index is 0.209. The van der Waals surface area contributed by atoms with Crippen molar-refractivity contribution >= 4 is 11.9 Å². The van der Waals surface area contributed by atoms with E-state index in [1.165, 1.54) is 7.11 Å². The molecule has 0 bridgehead atoms. The summed E-state index contributed by atoms with van der Waals surface area (Å²) in [6.07, 6.45) is 3.99. The number of nitrogens with zero attached hydrogens (tertiary/aromatic N) is 1. The molecule has 1 aliphatic heterocycles. The molecule has 1 heterocycles. The average Bonchev–Trinajstić information content (AvgIpc) is 3.02. The van der Waals surface area contributed by atoms with Gasteiger partial charge in [0.1, 0.15) is 0 Å². The molecule has 3 atom stereocenters. The number of fused-ring (bicyclic) bond motifs is 1. The summed E-state index contributed by atoms with van der Waals surface area (Å²) in [5.74, 6) is 0.678. The highest BCUT2D eigenvalue weighted by atomic mass is 16.5. The van der Waals surface area contributed by atoms with Crippen LogP contribution in [0.1, 0.15) is 19.3 Å². The molecule has 0 spiro atoms. The van der Waals surface area contributed by atoms with Crippen LogP contribution in [0.4, 0.5) is 0 Å². The van der Waals surface area contributed by atoms with Gasteiger partial charge < -0.3 is 9.64 Å². The van der Waals surface area contributed by atoms with Crippen molar-refractivity contribution in [2.24, 2.45) is 11.8 Å². The second-order valence-electron chi connectivity index (χ2n) is 4.46. The molecule has 4 heteroatoms. The fourth-order valence-electron chi connectivity index (χ4n) is 2.59. The third-order valence-electron chi connectivity index (χ3n) is 3.53. The van der Waals surface area contributed by atoms with Crippen molar-refractivity contribution in [3.63, 3.8) is 0 Å². The third kappa shape index (κ3) is 1.84. The van der Waals surface area contributed by atoms with Gasteiger partial charge in [-0.3, -0.25) is 9.59 Å². The van der Waals surface area contributed by atoms with E-state index < -0.39 is 0 Å². The maximum absolute atomic E-state index is 11.9. The first-order valence-corrected chi connectivity index (χ1v) is 5.67. The SMILES string of the molecule is C=CC[C@H]1[C@@H]2C[C@@H]2C(=O)N1CCC(=O)OC. The molecule has 4 nitrogen and oxygen atoms in total. The Bertz CT molecular complexity index is 326. The van der Waals surface area contributed by atoms with E-state index in [2.05, 4.69) is 11.3 Å². The Morgan fingerprint density at radius 2 is 2.44 bits per heavy atom. The second-order valence-corrected chi connectivity index (χ2v) is 4.46. The summed E-state index contributed by atoms with van der Waals surface area (Å²) in [6.45, 7) is 4.20. The predicted octanol–water partition coefficient (Wildman–Crippen LogP) is 0.972. The molecule has 0 aromatic rings. The lowest BCUT2D eigenvalue weighted by Crippen LogP contribution is -2.38. The van der Waals surface area contributed by atoms with Gasteiger partial charge in [-0.2, -0.15) is 0 Å². The van der Waals surface area contributed by atoms with Crippen LogP contribution in [0.25, 0.3) is 0 Å². The quantitative estimate of drug-likeness (QED) is 0.515. The van der Waals surface area contributed by atoms with Crippen LogP contribution < -0.4 is 0 Å². The lowest BCUT2D eigenvalue weighted by atomic mass is 10.1. The summed E-state index contributed by atoms with van der Waals surface area (Å²) in [6, 6.07) is 0.264. The molecule has 2 fully saturated rings. The van der Waals surface area contributed by atoms with Crippen molar-refractivity contribution in [1.29, 1.82) is 0 Å². The second kappa shape index (κ2) is 4.28. The monoisotopic (exact) mass is 223 g/mol. The number of carbonyl (C=O) groups excluding carboxylic acids is 2. The lowest BCUT2D eigenvalue weighted by molar-refractivity contribution is -0.141. The highest BCUT2D eigenvalue weighted by Gasteiger charge is 2.57. The summed E-state index contributed by atoms with van der Waals surface area (Å²) >= 11 is 0. The van der Waals surface area contributed by atoms with Crippen LogP contribution in [-0.2, 0) is 14.3 Å². The van der Waals surface area contributed by atoms with Crippen molar-refractivity contribution in [2.75, 3.05) is 13.7 Å². The third-order valence-corrected chi connectivity index (χ3v) is 3.53. The molecule has 0 unspecified atom stereocenters. The first-order valence-electron chi connectivity index (χ1n) is 5.67. The van der Waals surface area contributed by atoms with Gasteiger partial charge in [0.2, 0.25) is 5.91 Å². The molecule has 2 rings (SSSR count). The van der Waals surface area contributed by atoms with Crippen molar-refractivity contribution < 1.29 is 14.3 Å². The number of esters is 1. The predicted molar refractivity (Wildman–Crippen MR) is 58.5 cm³/mol. The van der Waals surface area contributed by atoms with Gasteiger partial charge in [0.15, 0.2) is 0 Å². The summed E-state index contributed by atoms with van der Waals surface area (Å²) < 4.78 is 4.58. The molecule has 1 aliphatic carbocycles. The van der Waals surface area contributed by atoms with Gasteiger partial charge in [-0.25, -0.2) is 0 Å². The van der Waals surface area contributed by atoms with E-state index in [4.69, 9.17) is 0 Å². The van der Waals surface area contributed by atoms with Crippen LogP contribution in [0.2, 0.25) is 0 Å². The lowest BCUT2D eigenvalue weighted by Gasteiger charge is -2.26. The van der Waals surface area contributed by atoms with Crippen LogP contribution in [0.5, 0.6) is 0 Å². The largest absolute Gasteiger partial charge is 0.469 e. The number of hydrogen-bond acceptors (Lipinski definition) is 3. The molecule has 1 amide bonds. The maximum Gasteiger partial charge on any atom is 0.307 e. The van der Waals surface area contributed by atoms with Gasteiger partial charge in [-0.05, 0) is 18.8 Å². The number of ether oxygens (including phenoxy) is 1. The van der Waals surface area contributed by atoms with E-state index in [9.17, 15) is 9.59 Å². The molecule has 0 aromatic carbocycles. The van der Waals surface area contributed by atoms with E-state index in [1.54, 1.807) is 0 Å². The topological polar surface area (TPSA) is 46.6 Å². The number of carbonyl (C=O) groups is 2. The first-order chi connectivity index (χ1) is 7.69. The van der Waals surface area contributed by atoms with Crippen LogP contribution >= 0.6 is 0 Å². The van der Waals surface area contributed by atoms with Crippen LogP contribution in [0.15, 0.2) is 12.7 Å². The summed E-state index contributed by atoms with van der Waals surface area (Å²) in [4.78, 5) is 24.8. The smallest absolute Gasteiger partial charge is 0.307 e. The zero-order valence-electron chi connectivity index (χ0n) is 9.52. The Morgan fingerprint density at radius 3 is 3.06 bits per heavy atom. The molecule has 16 heavy (non-hydrogen) atoms. The van der Waals surface area contributed by atoms with Gasteiger partial charge in [0, 0.05) is 18.5 Å². The number of methoxy groups -OCH3 is 1. The van der Waals surface area contributed by atoms with E-state index in [0.717, 1.165) is 12.8 Å². The summed E-state index contributed by atoms with van der Waals surface area (Å²) in [5.41, 5.74) is 0. The Morgan fingerprint density at radius 1 is 1.69 bits per heavy atom. The van der Waals surface area contributed by atoms with Crippen LogP contribution in [0.3, 0.4) is 0 Å². The summed E-state index contributed by atoms with van der Waals surface area (Å²) in [7, 11) is 1.37. The van der Waals surface area contributed by atoms with Gasteiger partial charge in [-0.1, -0.05) is 6.08 Å². The molecular formula is C12H17NO3. The number of likely N-dealkylation sites (tertiary alicyclic amines) is 1. The van der Waals surface area contributed by atoms with E-state index in [0.29, 0.717) is 12.5 Å². The van der Waals surface area contributed by atoms with Crippen molar-refractivity contribution in [3.05, 3.63) is 12.7 Å². The number of amides is 1. The highest BCUT2D eigenvalue weighted by molar-refractivity contribution is 5.85. The van der Waals surface area contributed by atoms with E-state index >= 15 is 0 Å². The van der Waals surface area contributed by atoms with Crippen molar-refractivity contribution in [3.8, 4) is 0 Å². The number of piperidine rings is 1. The molecule has 2 aliphatic rings. The molecular weight excluding hydrogens is 206 g/mol. The van der Waals surface area contributed by atoms with Crippen LogP contribution in [0, 0.1) is 11.8 Å². The van der Waals surface area contributed by atoms with Gasteiger partial charge >= 0.3 is 5.97 Å². The minimum atomic E-state index is -0.259. The fraction of sp³-hybridized carbons (Fsp3) is 0.667. The minimum Gasteiger partial charge on any atom is -0.469 e. The van der Waals surface area contributed by atoms with Crippen LogP contribution in [-0.4, -0.2) is 36.5 Å². The van der Waals surface area contributed by atoms with E-state index in [1.807, 2.05) is 11.0 Å². The number of hydrogen-bond donors (Lipinski definition) is 0. The molecule has 1 saturated carbocycles. The van der Waals surface area contributed by atoms with Crippen molar-refractivity contribution in [1.82, 2.24) is 4.90 Å². The summed E-state index contributed by atoms with van der Waals surface area (Å²) in [5, 5.41) is 0. The van der Waals surface area contributed by atoms with Gasteiger partial charge in [0.05, 0.1) is 13.5 Å². The molecule has 0 N–H and O–H groups in total. The Labute approximate surface area is 95.2 Å². The Hall–Kier alpha value is -1.32. The molecule has 1 saturated heterocycles. The van der Waals surface area contributed by atoms with Crippen molar-refractivity contribution in [2.45, 2.75) is 25.3 Å². The Balaban J connectivity index is 1.93. The Kier molecular flexibility index (Phi) is 2.99. The zero-order valence-corrected chi connectivity index (χ0v) is 9.52. The highest BCUT2D eigenvalue weighted by Crippen LogP contribution is 2.51. The fourth-order valence-corrected chi connectivity index (χ4v) is 2.59. The standard InChI is InChI=1S/C12H17NO3/c1-3-4-10-8-7-9(8)12(15)13(10)6-5-11(14)16-2/h3,8-10H,1,4-7H2,2H3/t8-,9+,10+/m1/s1. The van der Waals surface area contributed by atoms with Gasteiger partial charge in [-0.15, -0.1) is 6.58 Å².